The van der Waals surface area contributed by atoms with Crippen molar-refractivity contribution >= 4 is 12.0 Å². The van der Waals surface area contributed by atoms with E-state index in [0.717, 1.165) is 11.1 Å². The molecule has 0 fully saturated rings. The molecule has 0 bridgehead atoms. The second kappa shape index (κ2) is 8.72. The van der Waals surface area contributed by atoms with Gasteiger partial charge in [0.05, 0.1) is 12.2 Å². The zero-order valence-electron chi connectivity index (χ0n) is 12.3. The SMILES string of the molecule is CC(C)=Cc1ccccc1CO.O=C(O)c1ccccc1. The fourth-order valence-corrected chi connectivity index (χ4v) is 1.71. The van der Waals surface area contributed by atoms with Crippen LogP contribution in [0.15, 0.2) is 60.2 Å². The van der Waals surface area contributed by atoms with E-state index in [1.54, 1.807) is 30.3 Å². The average molecular weight is 284 g/mol. The molecule has 0 aliphatic carbocycles. The van der Waals surface area contributed by atoms with Gasteiger partial charge in [0.1, 0.15) is 0 Å². The molecule has 0 saturated heterocycles. The summed E-state index contributed by atoms with van der Waals surface area (Å²) in [6.07, 6.45) is 2.07. The Bertz CT molecular complexity index is 597. The van der Waals surface area contributed by atoms with Crippen molar-refractivity contribution in [3.05, 3.63) is 76.9 Å². The van der Waals surface area contributed by atoms with Crippen molar-refractivity contribution < 1.29 is 15.0 Å². The number of aromatic carboxylic acids is 1. The van der Waals surface area contributed by atoms with E-state index < -0.39 is 5.97 Å². The molecule has 0 radical (unpaired) electrons. The Kier molecular flexibility index (Phi) is 6.92. The molecule has 2 aromatic carbocycles. The molecule has 0 saturated carbocycles. The molecule has 110 valence electrons. The standard InChI is InChI=1S/C11H14O.C7H6O2/c1-9(2)7-10-5-3-4-6-11(10)8-12;8-7(9)6-4-2-1-3-5-6/h3-7,12H,8H2,1-2H3;1-5H,(H,8,9). The summed E-state index contributed by atoms with van der Waals surface area (Å²) >= 11 is 0. The van der Waals surface area contributed by atoms with Gasteiger partial charge < -0.3 is 10.2 Å². The molecule has 0 aromatic heterocycles. The van der Waals surface area contributed by atoms with Gasteiger partial charge >= 0.3 is 5.97 Å². The molecule has 3 heteroatoms. The summed E-state index contributed by atoms with van der Waals surface area (Å²) in [7, 11) is 0. The molecule has 0 amide bonds. The third-order valence-electron chi connectivity index (χ3n) is 2.69. The summed E-state index contributed by atoms with van der Waals surface area (Å²) < 4.78 is 0. The predicted octanol–water partition coefficient (Wildman–Crippen LogP) is 3.99. The summed E-state index contributed by atoms with van der Waals surface area (Å²) in [5.41, 5.74) is 3.67. The summed E-state index contributed by atoms with van der Waals surface area (Å²) in [5.74, 6) is -0.879. The monoisotopic (exact) mass is 284 g/mol. The topological polar surface area (TPSA) is 57.5 Å². The highest BCUT2D eigenvalue weighted by Gasteiger charge is 1.97. The van der Waals surface area contributed by atoms with Gasteiger partial charge in [-0.15, -0.1) is 0 Å². The van der Waals surface area contributed by atoms with Gasteiger partial charge in [0.2, 0.25) is 0 Å². The minimum absolute atomic E-state index is 0.111. The maximum Gasteiger partial charge on any atom is 0.335 e. The first-order valence-corrected chi connectivity index (χ1v) is 6.66. The van der Waals surface area contributed by atoms with Crippen LogP contribution in [0.5, 0.6) is 0 Å². The molecule has 0 atom stereocenters. The molecule has 2 rings (SSSR count). The van der Waals surface area contributed by atoms with E-state index in [9.17, 15) is 4.79 Å². The van der Waals surface area contributed by atoms with Crippen LogP contribution in [0.2, 0.25) is 0 Å². The zero-order chi connectivity index (χ0) is 15.7. The molecule has 3 nitrogen and oxygen atoms in total. The van der Waals surface area contributed by atoms with Crippen LogP contribution in [0, 0.1) is 0 Å². The van der Waals surface area contributed by atoms with Crippen LogP contribution in [0.1, 0.15) is 35.3 Å². The molecule has 0 aliphatic heterocycles. The molecule has 2 N–H and O–H groups in total. The molecule has 0 heterocycles. The largest absolute Gasteiger partial charge is 0.478 e. The number of rotatable bonds is 3. The Hall–Kier alpha value is -2.39. The highest BCUT2D eigenvalue weighted by molar-refractivity contribution is 5.87. The quantitative estimate of drug-likeness (QED) is 0.896. The molecular weight excluding hydrogens is 264 g/mol. The number of hydrogen-bond acceptors (Lipinski definition) is 2. The fourth-order valence-electron chi connectivity index (χ4n) is 1.71. The zero-order valence-corrected chi connectivity index (χ0v) is 12.3. The van der Waals surface area contributed by atoms with Gasteiger partial charge in [-0.1, -0.05) is 54.1 Å². The number of allylic oxidation sites excluding steroid dienone is 1. The van der Waals surface area contributed by atoms with Gasteiger partial charge in [0.25, 0.3) is 0 Å². The number of carbonyl (C=O) groups is 1. The maximum atomic E-state index is 10.2. The summed E-state index contributed by atoms with van der Waals surface area (Å²) in [4.78, 5) is 10.2. The second-order valence-electron chi connectivity index (χ2n) is 4.75. The fraction of sp³-hybridized carbons (Fsp3) is 0.167. The minimum Gasteiger partial charge on any atom is -0.478 e. The highest BCUT2D eigenvalue weighted by atomic mass is 16.4. The first-order chi connectivity index (χ1) is 10.0. The lowest BCUT2D eigenvalue weighted by Crippen LogP contribution is -1.93. The normalized spacial score (nSPS) is 9.29. The van der Waals surface area contributed by atoms with Crippen molar-refractivity contribution in [3.63, 3.8) is 0 Å². The van der Waals surface area contributed by atoms with Crippen LogP contribution in [0.25, 0.3) is 6.08 Å². The van der Waals surface area contributed by atoms with Gasteiger partial charge in [-0.3, -0.25) is 0 Å². The molecule has 21 heavy (non-hydrogen) atoms. The van der Waals surface area contributed by atoms with E-state index in [4.69, 9.17) is 10.2 Å². The van der Waals surface area contributed by atoms with E-state index in [0.29, 0.717) is 5.56 Å². The maximum absolute atomic E-state index is 10.2. The summed E-state index contributed by atoms with van der Waals surface area (Å²) in [5, 5.41) is 17.4. The van der Waals surface area contributed by atoms with E-state index in [1.807, 2.05) is 38.1 Å². The first kappa shape index (κ1) is 16.7. The van der Waals surface area contributed by atoms with E-state index >= 15 is 0 Å². The van der Waals surface area contributed by atoms with Gasteiger partial charge in [-0.2, -0.15) is 0 Å². The minimum atomic E-state index is -0.879. The van der Waals surface area contributed by atoms with Gasteiger partial charge in [0.15, 0.2) is 0 Å². The van der Waals surface area contributed by atoms with Crippen molar-refractivity contribution in [2.75, 3.05) is 0 Å². The number of benzene rings is 2. The lowest BCUT2D eigenvalue weighted by Gasteiger charge is -2.01. The van der Waals surface area contributed by atoms with Crippen LogP contribution in [-0.2, 0) is 6.61 Å². The Morgan fingerprint density at radius 3 is 2.05 bits per heavy atom. The number of carboxylic acid groups (broad SMARTS) is 1. The van der Waals surface area contributed by atoms with Gasteiger partial charge in [-0.25, -0.2) is 4.79 Å². The third-order valence-corrected chi connectivity index (χ3v) is 2.69. The van der Waals surface area contributed by atoms with Crippen LogP contribution >= 0.6 is 0 Å². The van der Waals surface area contributed by atoms with Crippen LogP contribution < -0.4 is 0 Å². The van der Waals surface area contributed by atoms with Crippen LogP contribution in [0.4, 0.5) is 0 Å². The third kappa shape index (κ3) is 6.06. The van der Waals surface area contributed by atoms with E-state index in [1.165, 1.54) is 5.57 Å². The number of carboxylic acids is 1. The Morgan fingerprint density at radius 1 is 1.00 bits per heavy atom. The Morgan fingerprint density at radius 2 is 1.57 bits per heavy atom. The molecule has 2 aromatic rings. The van der Waals surface area contributed by atoms with E-state index in [-0.39, 0.29) is 6.61 Å². The predicted molar refractivity (Wildman–Crippen MR) is 85.1 cm³/mol. The van der Waals surface area contributed by atoms with Crippen molar-refractivity contribution in [1.29, 1.82) is 0 Å². The molecule has 0 unspecified atom stereocenters. The number of aliphatic hydroxyl groups excluding tert-OH is 1. The smallest absolute Gasteiger partial charge is 0.335 e. The number of aliphatic hydroxyl groups is 1. The van der Waals surface area contributed by atoms with Crippen LogP contribution in [0.3, 0.4) is 0 Å². The van der Waals surface area contributed by atoms with Crippen molar-refractivity contribution in [2.24, 2.45) is 0 Å². The second-order valence-corrected chi connectivity index (χ2v) is 4.75. The summed E-state index contributed by atoms with van der Waals surface area (Å²) in [6, 6.07) is 16.2. The highest BCUT2D eigenvalue weighted by Crippen LogP contribution is 2.12. The molecule has 0 aliphatic rings. The van der Waals surface area contributed by atoms with Crippen LogP contribution in [-0.4, -0.2) is 16.2 Å². The number of hydrogen-bond donors (Lipinski definition) is 2. The molecular formula is C18H20O3. The Balaban J connectivity index is 0.000000219. The lowest BCUT2D eigenvalue weighted by atomic mass is 10.1. The van der Waals surface area contributed by atoms with Crippen molar-refractivity contribution in [1.82, 2.24) is 0 Å². The van der Waals surface area contributed by atoms with Gasteiger partial charge in [-0.05, 0) is 37.1 Å². The van der Waals surface area contributed by atoms with Crippen molar-refractivity contribution in [2.45, 2.75) is 20.5 Å². The van der Waals surface area contributed by atoms with Gasteiger partial charge in [0, 0.05) is 0 Å². The summed E-state index contributed by atoms with van der Waals surface area (Å²) in [6.45, 7) is 4.21. The lowest BCUT2D eigenvalue weighted by molar-refractivity contribution is 0.0697. The van der Waals surface area contributed by atoms with Crippen molar-refractivity contribution in [3.8, 4) is 0 Å². The average Bonchev–Trinajstić information content (AvgIpc) is 2.49. The van der Waals surface area contributed by atoms with E-state index in [2.05, 4.69) is 6.08 Å². The molecule has 0 spiro atoms. The first-order valence-electron chi connectivity index (χ1n) is 6.66. The Labute approximate surface area is 125 Å².